The number of hydrogen-bond acceptors (Lipinski definition) is 5. The first-order valence-corrected chi connectivity index (χ1v) is 10.2. The van der Waals surface area contributed by atoms with Crippen LogP contribution in [0.4, 0.5) is 5.69 Å². The van der Waals surface area contributed by atoms with Gasteiger partial charge in [-0.05, 0) is 54.8 Å². The molecule has 0 fully saturated rings. The minimum Gasteiger partial charge on any atom is -0.501 e. The van der Waals surface area contributed by atoms with Crippen LogP contribution in [-0.4, -0.2) is 29.4 Å². The molecule has 0 radical (unpaired) electrons. The highest BCUT2D eigenvalue weighted by Gasteiger charge is 2.45. The summed E-state index contributed by atoms with van der Waals surface area (Å²) in [5, 5.41) is 25.9. The third-order valence-electron chi connectivity index (χ3n) is 6.10. The Labute approximate surface area is 178 Å². The molecule has 2 aromatic carbocycles. The number of ether oxygens (including phenoxy) is 1. The van der Waals surface area contributed by atoms with Crippen molar-refractivity contribution in [2.75, 3.05) is 11.6 Å². The zero-order chi connectivity index (χ0) is 20.8. The van der Waals surface area contributed by atoms with Crippen LogP contribution in [0.5, 0.6) is 0 Å². The molecule has 2 heterocycles. The molecule has 1 N–H and O–H groups in total. The van der Waals surface area contributed by atoms with E-state index in [1.54, 1.807) is 30.5 Å². The number of aromatic carboxylic acids is 1. The Morgan fingerprint density at radius 1 is 1.30 bits per heavy atom. The zero-order valence-corrected chi connectivity index (χ0v) is 16.7. The first kappa shape index (κ1) is 18.7. The van der Waals surface area contributed by atoms with Crippen molar-refractivity contribution in [3.63, 3.8) is 0 Å². The van der Waals surface area contributed by atoms with Gasteiger partial charge in [0.15, 0.2) is 0 Å². The van der Waals surface area contributed by atoms with E-state index in [1.807, 2.05) is 17.1 Å². The Hall–Kier alpha value is -3.30. The molecule has 0 bridgehead atoms. The number of benzene rings is 2. The summed E-state index contributed by atoms with van der Waals surface area (Å²) in [6, 6.07) is 12.8. The lowest BCUT2D eigenvalue weighted by molar-refractivity contribution is 0.0696. The maximum atomic E-state index is 11.4. The van der Waals surface area contributed by atoms with E-state index in [4.69, 9.17) is 21.4 Å². The summed E-state index contributed by atoms with van der Waals surface area (Å²) >= 11 is 6.30. The van der Waals surface area contributed by atoms with Crippen molar-refractivity contribution in [1.82, 2.24) is 0 Å². The summed E-state index contributed by atoms with van der Waals surface area (Å²) in [6.07, 6.45) is 5.49. The summed E-state index contributed by atoms with van der Waals surface area (Å²) < 4.78 is 5.51. The third-order valence-corrected chi connectivity index (χ3v) is 6.41. The Morgan fingerprint density at radius 2 is 2.17 bits per heavy atom. The smallest absolute Gasteiger partial charge is 0.335 e. The highest BCUT2D eigenvalue weighted by Crippen LogP contribution is 2.42. The van der Waals surface area contributed by atoms with E-state index in [1.165, 1.54) is 0 Å². The summed E-state index contributed by atoms with van der Waals surface area (Å²) in [6.45, 7) is 0.593. The van der Waals surface area contributed by atoms with Crippen molar-refractivity contribution in [2.45, 2.75) is 18.9 Å². The molecule has 0 amide bonds. The number of nitrogens with zero attached hydrogens (tertiary/aromatic N) is 3. The van der Waals surface area contributed by atoms with Gasteiger partial charge >= 0.3 is 5.97 Å². The fraction of sp³-hybridized carbons (Fsp3) is 0.261. The largest absolute Gasteiger partial charge is 0.501 e. The quantitative estimate of drug-likeness (QED) is 0.804. The summed E-state index contributed by atoms with van der Waals surface area (Å²) in [7, 11) is 0. The molecule has 0 saturated heterocycles. The Bertz CT molecular complexity index is 1150. The van der Waals surface area contributed by atoms with Crippen LogP contribution >= 0.6 is 11.6 Å². The van der Waals surface area contributed by atoms with Crippen molar-refractivity contribution in [3.05, 3.63) is 76.0 Å². The van der Waals surface area contributed by atoms with E-state index < -0.39 is 5.97 Å². The minimum absolute atomic E-state index is 0.0649. The van der Waals surface area contributed by atoms with Crippen molar-refractivity contribution in [1.29, 1.82) is 5.26 Å². The molecule has 1 aliphatic carbocycles. The second-order valence-electron chi connectivity index (χ2n) is 7.74. The molecule has 5 rings (SSSR count). The second kappa shape index (κ2) is 7.19. The number of carboxylic acid groups (broad SMARTS) is 1. The maximum absolute atomic E-state index is 11.4. The van der Waals surface area contributed by atoms with Crippen molar-refractivity contribution >= 4 is 29.0 Å². The van der Waals surface area contributed by atoms with E-state index in [0.717, 1.165) is 35.4 Å². The molecule has 2 aliphatic heterocycles. The van der Waals surface area contributed by atoms with E-state index >= 15 is 0 Å². The van der Waals surface area contributed by atoms with Gasteiger partial charge in [-0.25, -0.2) is 4.79 Å². The lowest BCUT2D eigenvalue weighted by Gasteiger charge is -2.33. The van der Waals surface area contributed by atoms with Crippen LogP contribution in [0.2, 0.25) is 5.02 Å². The molecule has 2 aromatic rings. The van der Waals surface area contributed by atoms with Gasteiger partial charge in [0.25, 0.3) is 0 Å². The van der Waals surface area contributed by atoms with Gasteiger partial charge < -0.3 is 9.84 Å². The number of carboxylic acids is 1. The molecule has 0 spiro atoms. The maximum Gasteiger partial charge on any atom is 0.335 e. The Kier molecular flexibility index (Phi) is 4.48. The van der Waals surface area contributed by atoms with Gasteiger partial charge in [-0.1, -0.05) is 17.7 Å². The molecule has 6 nitrogen and oxygen atoms in total. The monoisotopic (exact) mass is 419 g/mol. The SMILES string of the molecule is N#Cc1ccc(N2N=C3c4ccc(C(=O)O)cc4CC[C@H]3C2C2C=COC2)cc1Cl. The van der Waals surface area contributed by atoms with E-state index in [2.05, 4.69) is 12.1 Å². The summed E-state index contributed by atoms with van der Waals surface area (Å²) in [5.41, 5.74) is 4.55. The van der Waals surface area contributed by atoms with Crippen LogP contribution in [0.15, 0.2) is 53.8 Å². The van der Waals surface area contributed by atoms with Crippen LogP contribution in [0, 0.1) is 23.2 Å². The fourth-order valence-corrected chi connectivity index (χ4v) is 4.90. The van der Waals surface area contributed by atoms with Crippen molar-refractivity contribution in [3.8, 4) is 6.07 Å². The van der Waals surface area contributed by atoms with Crippen molar-refractivity contribution in [2.24, 2.45) is 16.9 Å². The number of nitriles is 1. The van der Waals surface area contributed by atoms with Gasteiger partial charge in [-0.2, -0.15) is 10.4 Å². The van der Waals surface area contributed by atoms with E-state index in [-0.39, 0.29) is 17.9 Å². The predicted molar refractivity (Wildman–Crippen MR) is 113 cm³/mol. The molecule has 150 valence electrons. The number of hydrogen-bond donors (Lipinski definition) is 1. The van der Waals surface area contributed by atoms with Crippen LogP contribution in [0.1, 0.15) is 33.5 Å². The summed E-state index contributed by atoms with van der Waals surface area (Å²) in [5.74, 6) is -0.558. The molecule has 30 heavy (non-hydrogen) atoms. The fourth-order valence-electron chi connectivity index (χ4n) is 4.68. The topological polar surface area (TPSA) is 85.9 Å². The molecule has 7 heteroatoms. The third kappa shape index (κ3) is 2.94. The summed E-state index contributed by atoms with van der Waals surface area (Å²) in [4.78, 5) is 11.4. The number of carbonyl (C=O) groups is 1. The van der Waals surface area contributed by atoms with Crippen LogP contribution in [0.25, 0.3) is 0 Å². The Balaban J connectivity index is 1.60. The van der Waals surface area contributed by atoms with Gasteiger partial charge in [0.2, 0.25) is 0 Å². The number of anilines is 1. The molecule has 3 aliphatic rings. The standard InChI is InChI=1S/C23H18ClN3O3/c24-20-10-17(4-1-15(20)11-25)27-22(16-7-8-30-12-16)19-6-2-13-9-14(23(28)29)3-5-18(13)21(19)26-27/h1,3-5,7-10,16,19,22H,2,6,12H2,(H,28,29)/t16?,19-,22?/m1/s1. The lowest BCUT2D eigenvalue weighted by Crippen LogP contribution is -2.41. The van der Waals surface area contributed by atoms with Crippen LogP contribution in [-0.2, 0) is 11.2 Å². The number of fused-ring (bicyclic) bond motifs is 3. The van der Waals surface area contributed by atoms with Crippen LogP contribution < -0.4 is 5.01 Å². The highest BCUT2D eigenvalue weighted by atomic mass is 35.5. The number of hydrazone groups is 1. The average molecular weight is 420 g/mol. The molecule has 2 unspecified atom stereocenters. The molecular formula is C23H18ClN3O3. The lowest BCUT2D eigenvalue weighted by atomic mass is 9.75. The molecule has 0 aromatic heterocycles. The number of halogens is 1. The van der Waals surface area contributed by atoms with E-state index in [9.17, 15) is 15.2 Å². The normalized spacial score (nSPS) is 23.9. The van der Waals surface area contributed by atoms with Gasteiger partial charge in [-0.3, -0.25) is 5.01 Å². The number of aryl methyl sites for hydroxylation is 1. The average Bonchev–Trinajstić information content (AvgIpc) is 3.40. The molecular weight excluding hydrogens is 402 g/mol. The molecule has 0 saturated carbocycles. The zero-order valence-electron chi connectivity index (χ0n) is 16.0. The first-order valence-electron chi connectivity index (χ1n) is 9.79. The van der Waals surface area contributed by atoms with Crippen LogP contribution in [0.3, 0.4) is 0 Å². The predicted octanol–water partition coefficient (Wildman–Crippen LogP) is 4.23. The van der Waals surface area contributed by atoms with E-state index in [0.29, 0.717) is 22.8 Å². The second-order valence-corrected chi connectivity index (χ2v) is 8.15. The minimum atomic E-state index is -0.923. The van der Waals surface area contributed by atoms with Gasteiger partial charge in [0.1, 0.15) is 6.07 Å². The molecule has 3 atom stereocenters. The van der Waals surface area contributed by atoms with Gasteiger partial charge in [0, 0.05) is 17.4 Å². The number of rotatable bonds is 3. The first-order chi connectivity index (χ1) is 14.6. The van der Waals surface area contributed by atoms with Gasteiger partial charge in [-0.15, -0.1) is 0 Å². The van der Waals surface area contributed by atoms with Crippen molar-refractivity contribution < 1.29 is 14.6 Å². The Morgan fingerprint density at radius 3 is 2.87 bits per heavy atom. The van der Waals surface area contributed by atoms with Gasteiger partial charge in [0.05, 0.1) is 46.5 Å². The highest BCUT2D eigenvalue weighted by molar-refractivity contribution is 6.32.